The normalized spacial score (nSPS) is 12.2. The van der Waals surface area contributed by atoms with Crippen LogP contribution < -0.4 is 10.1 Å². The van der Waals surface area contributed by atoms with Crippen LogP contribution in [0.1, 0.15) is 12.5 Å². The number of guanidine groups is 1. The third-order valence-electron chi connectivity index (χ3n) is 3.29. The highest BCUT2D eigenvalue weighted by atomic mass is 127. The second-order valence-corrected chi connectivity index (χ2v) is 6.05. The first kappa shape index (κ1) is 20.7. The van der Waals surface area contributed by atoms with E-state index in [1.54, 1.807) is 36.6 Å². The second kappa shape index (κ2) is 10.5. The molecule has 4 nitrogen and oxygen atoms in total. The number of benzene rings is 1. The summed E-state index contributed by atoms with van der Waals surface area (Å²) in [6.45, 7) is 3.21. The molecule has 1 unspecified atom stereocenters. The summed E-state index contributed by atoms with van der Waals surface area (Å²) in [5.41, 5.74) is 1.25. The van der Waals surface area contributed by atoms with Crippen molar-refractivity contribution in [1.82, 2.24) is 10.2 Å². The maximum atomic E-state index is 13.6. The van der Waals surface area contributed by atoms with E-state index < -0.39 is 0 Å². The van der Waals surface area contributed by atoms with Gasteiger partial charge in [-0.2, -0.15) is 11.3 Å². The number of nitrogens with zero attached hydrogens (tertiary/aromatic N) is 2. The Labute approximate surface area is 163 Å². The monoisotopic (exact) mass is 463 g/mol. The average Bonchev–Trinajstić information content (AvgIpc) is 3.03. The Hall–Kier alpha value is -1.35. The number of hydrogen-bond acceptors (Lipinski definition) is 3. The zero-order valence-corrected chi connectivity index (χ0v) is 17.2. The number of aliphatic imine (C=N–C) groups is 1. The molecular weight excluding hydrogens is 440 g/mol. The van der Waals surface area contributed by atoms with E-state index in [4.69, 9.17) is 4.74 Å². The SMILES string of the molecule is CN=C(NCC(C)Oc1ccccc1F)N(C)Cc1ccsc1.I. The summed E-state index contributed by atoms with van der Waals surface area (Å²) >= 11 is 1.68. The summed E-state index contributed by atoms with van der Waals surface area (Å²) in [6, 6.07) is 8.52. The lowest BCUT2D eigenvalue weighted by Gasteiger charge is -2.23. The molecule has 0 aliphatic heterocycles. The fourth-order valence-electron chi connectivity index (χ4n) is 2.15. The molecule has 7 heteroatoms. The molecule has 0 saturated heterocycles. The Kier molecular flexibility index (Phi) is 9.05. The van der Waals surface area contributed by atoms with Crippen LogP contribution in [0.5, 0.6) is 5.75 Å². The molecule has 1 aromatic heterocycles. The third kappa shape index (κ3) is 6.27. The predicted octanol–water partition coefficient (Wildman–Crippen LogP) is 3.98. The van der Waals surface area contributed by atoms with Crippen molar-refractivity contribution in [2.24, 2.45) is 4.99 Å². The highest BCUT2D eigenvalue weighted by Gasteiger charge is 2.11. The van der Waals surface area contributed by atoms with Crippen LogP contribution in [0.3, 0.4) is 0 Å². The van der Waals surface area contributed by atoms with E-state index in [9.17, 15) is 4.39 Å². The van der Waals surface area contributed by atoms with E-state index in [1.807, 2.05) is 18.9 Å². The lowest BCUT2D eigenvalue weighted by molar-refractivity contribution is 0.212. The van der Waals surface area contributed by atoms with Crippen molar-refractivity contribution in [3.8, 4) is 5.75 Å². The summed E-state index contributed by atoms with van der Waals surface area (Å²) in [5, 5.41) is 7.43. The van der Waals surface area contributed by atoms with Gasteiger partial charge >= 0.3 is 0 Å². The minimum Gasteiger partial charge on any atom is -0.486 e. The Morgan fingerprint density at radius 1 is 1.38 bits per heavy atom. The van der Waals surface area contributed by atoms with Gasteiger partial charge in [-0.15, -0.1) is 24.0 Å². The Bertz CT molecular complexity index is 637. The van der Waals surface area contributed by atoms with Crippen molar-refractivity contribution in [2.75, 3.05) is 20.6 Å². The van der Waals surface area contributed by atoms with E-state index in [1.165, 1.54) is 11.6 Å². The van der Waals surface area contributed by atoms with Crippen LogP contribution in [-0.4, -0.2) is 37.6 Å². The van der Waals surface area contributed by atoms with Gasteiger partial charge in [0, 0.05) is 20.6 Å². The van der Waals surface area contributed by atoms with Crippen molar-refractivity contribution in [2.45, 2.75) is 19.6 Å². The van der Waals surface area contributed by atoms with Crippen LogP contribution in [0.4, 0.5) is 4.39 Å². The van der Waals surface area contributed by atoms with Gasteiger partial charge in [0.25, 0.3) is 0 Å². The van der Waals surface area contributed by atoms with Gasteiger partial charge in [0.2, 0.25) is 0 Å². The van der Waals surface area contributed by atoms with Crippen LogP contribution in [0, 0.1) is 5.82 Å². The van der Waals surface area contributed by atoms with Crippen molar-refractivity contribution in [3.05, 3.63) is 52.5 Å². The fraction of sp³-hybridized carbons (Fsp3) is 0.353. The standard InChI is InChI=1S/C17H22FN3OS.HI/c1-13(22-16-7-5-4-6-15(16)18)10-20-17(19-2)21(3)11-14-8-9-23-12-14;/h4-9,12-13H,10-11H2,1-3H3,(H,19,20);1H. The lowest BCUT2D eigenvalue weighted by atomic mass is 10.3. The van der Waals surface area contributed by atoms with E-state index in [2.05, 4.69) is 27.1 Å². The summed E-state index contributed by atoms with van der Waals surface area (Å²) in [6.07, 6.45) is -0.182. The van der Waals surface area contributed by atoms with Crippen LogP contribution in [0.15, 0.2) is 46.1 Å². The Morgan fingerprint density at radius 3 is 2.75 bits per heavy atom. The van der Waals surface area contributed by atoms with Gasteiger partial charge in [-0.05, 0) is 41.4 Å². The van der Waals surface area contributed by atoms with Gasteiger partial charge in [0.15, 0.2) is 17.5 Å². The maximum Gasteiger partial charge on any atom is 0.193 e. The molecule has 0 radical (unpaired) electrons. The van der Waals surface area contributed by atoms with E-state index in [-0.39, 0.29) is 41.6 Å². The highest BCUT2D eigenvalue weighted by molar-refractivity contribution is 14.0. The van der Waals surface area contributed by atoms with Crippen LogP contribution in [0.25, 0.3) is 0 Å². The van der Waals surface area contributed by atoms with E-state index in [0.29, 0.717) is 6.54 Å². The minimum absolute atomic E-state index is 0. The molecule has 1 atom stereocenters. The summed E-state index contributed by atoms with van der Waals surface area (Å²) in [5.74, 6) is 0.696. The van der Waals surface area contributed by atoms with E-state index in [0.717, 1.165) is 12.5 Å². The van der Waals surface area contributed by atoms with Crippen molar-refractivity contribution in [3.63, 3.8) is 0 Å². The first-order valence-corrected chi connectivity index (χ1v) is 8.38. The van der Waals surface area contributed by atoms with Crippen molar-refractivity contribution < 1.29 is 9.13 Å². The van der Waals surface area contributed by atoms with Gasteiger partial charge in [-0.25, -0.2) is 4.39 Å². The molecule has 132 valence electrons. The Morgan fingerprint density at radius 2 is 2.12 bits per heavy atom. The highest BCUT2D eigenvalue weighted by Crippen LogP contribution is 2.16. The molecule has 0 spiro atoms. The zero-order chi connectivity index (χ0) is 16.7. The molecule has 24 heavy (non-hydrogen) atoms. The van der Waals surface area contributed by atoms with Gasteiger partial charge in [0.05, 0.1) is 6.54 Å². The number of thiophene rings is 1. The topological polar surface area (TPSA) is 36.9 Å². The molecule has 1 aromatic carbocycles. The van der Waals surface area contributed by atoms with Gasteiger partial charge in [-0.3, -0.25) is 4.99 Å². The summed E-state index contributed by atoms with van der Waals surface area (Å²) in [7, 11) is 3.73. The minimum atomic E-state index is -0.349. The molecule has 2 rings (SSSR count). The second-order valence-electron chi connectivity index (χ2n) is 5.27. The van der Waals surface area contributed by atoms with Crippen LogP contribution in [0.2, 0.25) is 0 Å². The van der Waals surface area contributed by atoms with E-state index >= 15 is 0 Å². The van der Waals surface area contributed by atoms with Crippen LogP contribution in [-0.2, 0) is 6.54 Å². The molecule has 0 fully saturated rings. The smallest absolute Gasteiger partial charge is 0.193 e. The van der Waals surface area contributed by atoms with Gasteiger partial charge < -0.3 is 15.0 Å². The summed E-state index contributed by atoms with van der Waals surface area (Å²) in [4.78, 5) is 6.31. The molecule has 1 N–H and O–H groups in total. The molecule has 0 saturated carbocycles. The number of halogens is 2. The summed E-state index contributed by atoms with van der Waals surface area (Å²) < 4.78 is 19.2. The number of nitrogens with one attached hydrogen (secondary N) is 1. The Balaban J connectivity index is 0.00000288. The van der Waals surface area contributed by atoms with Gasteiger partial charge in [-0.1, -0.05) is 12.1 Å². The zero-order valence-electron chi connectivity index (χ0n) is 14.0. The van der Waals surface area contributed by atoms with Crippen molar-refractivity contribution in [1.29, 1.82) is 0 Å². The fourth-order valence-corrected chi connectivity index (χ4v) is 2.81. The molecule has 0 bridgehead atoms. The number of ether oxygens (including phenoxy) is 1. The average molecular weight is 463 g/mol. The van der Waals surface area contributed by atoms with Gasteiger partial charge in [0.1, 0.15) is 6.10 Å². The number of hydrogen-bond donors (Lipinski definition) is 1. The maximum absolute atomic E-state index is 13.6. The molecule has 2 aromatic rings. The molecule has 0 aliphatic rings. The predicted molar refractivity (Wildman–Crippen MR) is 109 cm³/mol. The van der Waals surface area contributed by atoms with Crippen LogP contribution >= 0.6 is 35.3 Å². The number of para-hydroxylation sites is 1. The number of rotatable bonds is 6. The first-order valence-electron chi connectivity index (χ1n) is 7.44. The quantitative estimate of drug-likeness (QED) is 0.400. The first-order chi connectivity index (χ1) is 11.1. The largest absolute Gasteiger partial charge is 0.486 e. The molecule has 1 heterocycles. The third-order valence-corrected chi connectivity index (χ3v) is 4.02. The molecular formula is C17H23FIN3OS. The molecule has 0 amide bonds. The van der Waals surface area contributed by atoms with Crippen molar-refractivity contribution >= 4 is 41.3 Å². The molecule has 0 aliphatic carbocycles. The lowest BCUT2D eigenvalue weighted by Crippen LogP contribution is -2.42.